The van der Waals surface area contributed by atoms with Crippen LogP contribution in [-0.4, -0.2) is 6.61 Å². The van der Waals surface area contributed by atoms with Crippen LogP contribution in [0, 0.1) is 5.92 Å². The Morgan fingerprint density at radius 1 is 1.25 bits per heavy atom. The topological polar surface area (TPSA) is 35.2 Å². The first-order valence-electron chi connectivity index (χ1n) is 6.24. The molecule has 0 amide bonds. The zero-order valence-corrected chi connectivity index (χ0v) is 9.99. The van der Waals surface area contributed by atoms with Gasteiger partial charge in [0.2, 0.25) is 0 Å². The summed E-state index contributed by atoms with van der Waals surface area (Å²) in [6, 6.07) is 8.24. The zero-order valence-electron chi connectivity index (χ0n) is 9.99. The maximum atomic E-state index is 5.80. The molecule has 0 heterocycles. The lowest BCUT2D eigenvalue weighted by Crippen LogP contribution is -2.08. The molecule has 0 aliphatic heterocycles. The first-order valence-corrected chi connectivity index (χ1v) is 6.24. The van der Waals surface area contributed by atoms with Gasteiger partial charge in [0.05, 0.1) is 6.61 Å². The van der Waals surface area contributed by atoms with Crippen molar-refractivity contribution in [1.29, 1.82) is 0 Å². The Kier molecular flexibility index (Phi) is 3.83. The van der Waals surface area contributed by atoms with Gasteiger partial charge in [-0.05, 0) is 43.4 Å². The van der Waals surface area contributed by atoms with Crippen molar-refractivity contribution in [3.05, 3.63) is 29.8 Å². The monoisotopic (exact) mass is 219 g/mol. The fourth-order valence-corrected chi connectivity index (χ4v) is 2.26. The van der Waals surface area contributed by atoms with Crippen LogP contribution in [0.15, 0.2) is 24.3 Å². The molecule has 0 radical (unpaired) electrons. The minimum absolute atomic E-state index is 0.101. The molecule has 0 aromatic heterocycles. The second-order valence-electron chi connectivity index (χ2n) is 4.82. The van der Waals surface area contributed by atoms with Gasteiger partial charge in [-0.1, -0.05) is 25.0 Å². The van der Waals surface area contributed by atoms with Crippen LogP contribution >= 0.6 is 0 Å². The van der Waals surface area contributed by atoms with Crippen LogP contribution < -0.4 is 10.5 Å². The summed E-state index contributed by atoms with van der Waals surface area (Å²) in [4.78, 5) is 0. The summed E-state index contributed by atoms with van der Waals surface area (Å²) in [6.07, 6.45) is 5.41. The molecule has 1 aliphatic rings. The van der Waals surface area contributed by atoms with Gasteiger partial charge in [-0.25, -0.2) is 0 Å². The van der Waals surface area contributed by atoms with Gasteiger partial charge < -0.3 is 10.5 Å². The maximum absolute atomic E-state index is 5.80. The molecule has 1 aromatic rings. The fraction of sp³-hybridized carbons (Fsp3) is 0.571. The van der Waals surface area contributed by atoms with E-state index in [4.69, 9.17) is 10.5 Å². The molecule has 16 heavy (non-hydrogen) atoms. The van der Waals surface area contributed by atoms with E-state index in [0.717, 1.165) is 23.8 Å². The highest BCUT2D eigenvalue weighted by atomic mass is 16.5. The molecule has 0 spiro atoms. The Bertz CT molecular complexity index is 312. The van der Waals surface area contributed by atoms with Crippen molar-refractivity contribution in [2.45, 2.75) is 38.6 Å². The molecular formula is C14H21NO. The lowest BCUT2D eigenvalue weighted by Gasteiger charge is -2.12. The van der Waals surface area contributed by atoms with Crippen molar-refractivity contribution < 1.29 is 4.74 Å². The smallest absolute Gasteiger partial charge is 0.119 e. The quantitative estimate of drug-likeness (QED) is 0.843. The number of nitrogens with two attached hydrogens (primary N) is 1. The Morgan fingerprint density at radius 3 is 2.44 bits per heavy atom. The van der Waals surface area contributed by atoms with Crippen LogP contribution in [0.2, 0.25) is 0 Å². The minimum atomic E-state index is 0.101. The molecule has 0 saturated heterocycles. The van der Waals surface area contributed by atoms with E-state index >= 15 is 0 Å². The molecule has 1 unspecified atom stereocenters. The molecule has 1 fully saturated rings. The first kappa shape index (κ1) is 11.5. The SMILES string of the molecule is CC(N)c1ccc(OCC2CCCC2)cc1. The Balaban J connectivity index is 1.84. The van der Waals surface area contributed by atoms with Crippen molar-refractivity contribution in [3.8, 4) is 5.75 Å². The van der Waals surface area contributed by atoms with Gasteiger partial charge in [0.15, 0.2) is 0 Å². The van der Waals surface area contributed by atoms with Gasteiger partial charge >= 0.3 is 0 Å². The molecular weight excluding hydrogens is 198 g/mol. The van der Waals surface area contributed by atoms with Gasteiger partial charge in [-0.15, -0.1) is 0 Å². The molecule has 1 atom stereocenters. The standard InChI is InChI=1S/C14H21NO/c1-11(15)13-6-8-14(9-7-13)16-10-12-4-2-3-5-12/h6-9,11-12H,2-5,10,15H2,1H3. The molecule has 2 heteroatoms. The summed E-state index contributed by atoms with van der Waals surface area (Å²) in [7, 11) is 0. The lowest BCUT2D eigenvalue weighted by atomic mass is 10.1. The van der Waals surface area contributed by atoms with Crippen LogP contribution in [0.25, 0.3) is 0 Å². The maximum Gasteiger partial charge on any atom is 0.119 e. The van der Waals surface area contributed by atoms with Crippen molar-refractivity contribution in [2.75, 3.05) is 6.61 Å². The highest BCUT2D eigenvalue weighted by Crippen LogP contribution is 2.25. The van der Waals surface area contributed by atoms with E-state index in [1.807, 2.05) is 19.1 Å². The predicted molar refractivity (Wildman–Crippen MR) is 66.5 cm³/mol. The van der Waals surface area contributed by atoms with Crippen LogP contribution in [0.3, 0.4) is 0 Å². The Labute approximate surface area is 97.8 Å². The van der Waals surface area contributed by atoms with Gasteiger partial charge in [-0.2, -0.15) is 0 Å². The average molecular weight is 219 g/mol. The van der Waals surface area contributed by atoms with E-state index < -0.39 is 0 Å². The van der Waals surface area contributed by atoms with Crippen LogP contribution in [0.4, 0.5) is 0 Å². The fourth-order valence-electron chi connectivity index (χ4n) is 2.26. The second kappa shape index (κ2) is 5.35. The van der Waals surface area contributed by atoms with Crippen molar-refractivity contribution in [3.63, 3.8) is 0 Å². The summed E-state index contributed by atoms with van der Waals surface area (Å²) < 4.78 is 5.78. The van der Waals surface area contributed by atoms with E-state index in [1.165, 1.54) is 25.7 Å². The van der Waals surface area contributed by atoms with Crippen LogP contribution in [0.1, 0.15) is 44.2 Å². The van der Waals surface area contributed by atoms with E-state index in [9.17, 15) is 0 Å². The predicted octanol–water partition coefficient (Wildman–Crippen LogP) is 3.28. The lowest BCUT2D eigenvalue weighted by molar-refractivity contribution is 0.252. The number of ether oxygens (including phenoxy) is 1. The van der Waals surface area contributed by atoms with Crippen LogP contribution in [0.5, 0.6) is 5.75 Å². The van der Waals surface area contributed by atoms with E-state index in [1.54, 1.807) is 0 Å². The van der Waals surface area contributed by atoms with E-state index in [-0.39, 0.29) is 6.04 Å². The minimum Gasteiger partial charge on any atom is -0.493 e. The van der Waals surface area contributed by atoms with Gasteiger partial charge in [0, 0.05) is 6.04 Å². The number of hydrogen-bond donors (Lipinski definition) is 1. The second-order valence-corrected chi connectivity index (χ2v) is 4.82. The van der Waals surface area contributed by atoms with Gasteiger partial charge in [0.1, 0.15) is 5.75 Å². The normalized spacial score (nSPS) is 18.6. The highest BCUT2D eigenvalue weighted by Gasteiger charge is 2.15. The molecule has 1 aromatic carbocycles. The molecule has 1 saturated carbocycles. The van der Waals surface area contributed by atoms with E-state index in [2.05, 4.69) is 12.1 Å². The molecule has 2 N–H and O–H groups in total. The zero-order chi connectivity index (χ0) is 11.4. The average Bonchev–Trinajstić information content (AvgIpc) is 2.80. The Morgan fingerprint density at radius 2 is 1.88 bits per heavy atom. The molecule has 2 nitrogen and oxygen atoms in total. The summed E-state index contributed by atoms with van der Waals surface area (Å²) >= 11 is 0. The number of rotatable bonds is 4. The summed E-state index contributed by atoms with van der Waals surface area (Å²) in [5.41, 5.74) is 6.96. The van der Waals surface area contributed by atoms with Crippen molar-refractivity contribution >= 4 is 0 Å². The van der Waals surface area contributed by atoms with Crippen molar-refractivity contribution in [2.24, 2.45) is 11.7 Å². The molecule has 0 bridgehead atoms. The number of hydrogen-bond acceptors (Lipinski definition) is 2. The van der Waals surface area contributed by atoms with E-state index in [0.29, 0.717) is 0 Å². The Hall–Kier alpha value is -1.02. The summed E-state index contributed by atoms with van der Waals surface area (Å²) in [6.45, 7) is 2.87. The van der Waals surface area contributed by atoms with Gasteiger partial charge in [-0.3, -0.25) is 0 Å². The highest BCUT2D eigenvalue weighted by molar-refractivity contribution is 5.28. The van der Waals surface area contributed by atoms with Crippen LogP contribution in [-0.2, 0) is 0 Å². The molecule has 88 valence electrons. The van der Waals surface area contributed by atoms with Gasteiger partial charge in [0.25, 0.3) is 0 Å². The third kappa shape index (κ3) is 2.99. The third-order valence-corrected chi connectivity index (χ3v) is 3.37. The molecule has 2 rings (SSSR count). The molecule has 1 aliphatic carbocycles. The van der Waals surface area contributed by atoms with Crippen molar-refractivity contribution in [1.82, 2.24) is 0 Å². The largest absolute Gasteiger partial charge is 0.493 e. The number of benzene rings is 1. The summed E-state index contributed by atoms with van der Waals surface area (Å²) in [5, 5.41) is 0. The summed E-state index contributed by atoms with van der Waals surface area (Å²) in [5.74, 6) is 1.74. The first-order chi connectivity index (χ1) is 7.75. The third-order valence-electron chi connectivity index (χ3n) is 3.37.